The normalized spacial score (nSPS) is 12.6. The van der Waals surface area contributed by atoms with E-state index in [0.29, 0.717) is 0 Å². The molecule has 0 saturated heterocycles. The van der Waals surface area contributed by atoms with Crippen molar-refractivity contribution in [2.24, 2.45) is 12.8 Å². The SMILES string of the molecule is COC(=O)C(CN)c1cn(C)nc1C. The van der Waals surface area contributed by atoms with Gasteiger partial charge < -0.3 is 10.5 Å². The van der Waals surface area contributed by atoms with E-state index in [9.17, 15) is 4.79 Å². The second-order valence-corrected chi connectivity index (χ2v) is 3.15. The van der Waals surface area contributed by atoms with Gasteiger partial charge in [-0.05, 0) is 6.92 Å². The Bertz CT molecular complexity index is 333. The summed E-state index contributed by atoms with van der Waals surface area (Å²) in [7, 11) is 3.16. The molecule has 2 N–H and O–H groups in total. The summed E-state index contributed by atoms with van der Waals surface area (Å²) < 4.78 is 6.33. The number of nitrogens with two attached hydrogens (primary N) is 1. The van der Waals surface area contributed by atoms with Crippen molar-refractivity contribution in [1.29, 1.82) is 0 Å². The first-order chi connectivity index (χ1) is 6.60. The van der Waals surface area contributed by atoms with E-state index in [2.05, 4.69) is 9.84 Å². The Hall–Kier alpha value is -1.36. The summed E-state index contributed by atoms with van der Waals surface area (Å²) in [5.74, 6) is -0.725. The van der Waals surface area contributed by atoms with E-state index in [-0.39, 0.29) is 12.5 Å². The first-order valence-corrected chi connectivity index (χ1v) is 4.38. The van der Waals surface area contributed by atoms with Crippen LogP contribution in [0.3, 0.4) is 0 Å². The summed E-state index contributed by atoms with van der Waals surface area (Å²) in [5, 5.41) is 4.15. The molecule has 1 atom stereocenters. The largest absolute Gasteiger partial charge is 0.469 e. The minimum atomic E-state index is -0.409. The van der Waals surface area contributed by atoms with E-state index in [4.69, 9.17) is 5.73 Å². The maximum Gasteiger partial charge on any atom is 0.314 e. The molecule has 0 spiro atoms. The summed E-state index contributed by atoms with van der Waals surface area (Å²) in [6.07, 6.45) is 1.80. The lowest BCUT2D eigenvalue weighted by molar-refractivity contribution is -0.142. The van der Waals surface area contributed by atoms with E-state index in [0.717, 1.165) is 11.3 Å². The molecule has 0 saturated carbocycles. The topological polar surface area (TPSA) is 70.1 Å². The van der Waals surface area contributed by atoms with E-state index < -0.39 is 5.92 Å². The molecule has 0 amide bonds. The second-order valence-electron chi connectivity index (χ2n) is 3.15. The molecule has 78 valence electrons. The van der Waals surface area contributed by atoms with Gasteiger partial charge in [0.15, 0.2) is 0 Å². The van der Waals surface area contributed by atoms with Crippen molar-refractivity contribution < 1.29 is 9.53 Å². The van der Waals surface area contributed by atoms with Gasteiger partial charge in [-0.15, -0.1) is 0 Å². The number of carbonyl (C=O) groups excluding carboxylic acids is 1. The highest BCUT2D eigenvalue weighted by molar-refractivity contribution is 5.78. The number of aryl methyl sites for hydroxylation is 2. The van der Waals surface area contributed by atoms with Gasteiger partial charge in [0.25, 0.3) is 0 Å². The second kappa shape index (κ2) is 4.23. The Kier molecular flexibility index (Phi) is 3.24. The third-order valence-corrected chi connectivity index (χ3v) is 2.15. The highest BCUT2D eigenvalue weighted by Crippen LogP contribution is 2.18. The molecule has 0 fully saturated rings. The van der Waals surface area contributed by atoms with E-state index in [1.165, 1.54) is 7.11 Å². The van der Waals surface area contributed by atoms with Crippen LogP contribution in [0.4, 0.5) is 0 Å². The minimum absolute atomic E-state index is 0.235. The number of methoxy groups -OCH3 is 1. The summed E-state index contributed by atoms with van der Waals surface area (Å²) in [4.78, 5) is 11.4. The number of hydrogen-bond donors (Lipinski definition) is 1. The molecule has 0 aliphatic heterocycles. The zero-order valence-electron chi connectivity index (χ0n) is 8.65. The number of carbonyl (C=O) groups is 1. The zero-order valence-corrected chi connectivity index (χ0v) is 8.65. The zero-order chi connectivity index (χ0) is 10.7. The lowest BCUT2D eigenvalue weighted by atomic mass is 10.0. The fraction of sp³-hybridized carbons (Fsp3) is 0.556. The fourth-order valence-corrected chi connectivity index (χ4v) is 1.45. The molecule has 5 nitrogen and oxygen atoms in total. The predicted molar refractivity (Wildman–Crippen MR) is 51.8 cm³/mol. The Labute approximate surface area is 82.8 Å². The maximum absolute atomic E-state index is 11.4. The molecular weight excluding hydrogens is 182 g/mol. The van der Waals surface area contributed by atoms with Crippen molar-refractivity contribution in [1.82, 2.24) is 9.78 Å². The Balaban J connectivity index is 3.00. The van der Waals surface area contributed by atoms with E-state index >= 15 is 0 Å². The van der Waals surface area contributed by atoms with Crippen molar-refractivity contribution in [2.75, 3.05) is 13.7 Å². The van der Waals surface area contributed by atoms with Crippen molar-refractivity contribution in [3.05, 3.63) is 17.5 Å². The van der Waals surface area contributed by atoms with Crippen molar-refractivity contribution in [3.8, 4) is 0 Å². The molecule has 0 radical (unpaired) electrons. The molecule has 0 aliphatic rings. The molecule has 1 aromatic rings. The van der Waals surface area contributed by atoms with Crippen LogP contribution in [0.2, 0.25) is 0 Å². The molecule has 0 aromatic carbocycles. The van der Waals surface area contributed by atoms with Crippen LogP contribution in [-0.4, -0.2) is 29.4 Å². The molecular formula is C9H15N3O2. The minimum Gasteiger partial charge on any atom is -0.469 e. The van der Waals surface area contributed by atoms with Crippen LogP contribution >= 0.6 is 0 Å². The summed E-state index contributed by atoms with van der Waals surface area (Å²) in [6, 6.07) is 0. The van der Waals surface area contributed by atoms with Gasteiger partial charge in [0.05, 0.1) is 18.7 Å². The molecule has 14 heavy (non-hydrogen) atoms. The van der Waals surface area contributed by atoms with Crippen LogP contribution in [0.1, 0.15) is 17.2 Å². The van der Waals surface area contributed by atoms with Gasteiger partial charge >= 0.3 is 5.97 Å². The highest BCUT2D eigenvalue weighted by atomic mass is 16.5. The predicted octanol–water partition coefficient (Wildman–Crippen LogP) is -0.0562. The smallest absolute Gasteiger partial charge is 0.314 e. The van der Waals surface area contributed by atoms with Gasteiger partial charge in [0.1, 0.15) is 0 Å². The number of ether oxygens (including phenoxy) is 1. The number of hydrogen-bond acceptors (Lipinski definition) is 4. The van der Waals surface area contributed by atoms with E-state index in [1.807, 2.05) is 6.92 Å². The van der Waals surface area contributed by atoms with Crippen LogP contribution in [0.5, 0.6) is 0 Å². The molecule has 1 heterocycles. The van der Waals surface area contributed by atoms with Crippen molar-refractivity contribution >= 4 is 5.97 Å². The number of rotatable bonds is 3. The van der Waals surface area contributed by atoms with Gasteiger partial charge in [-0.2, -0.15) is 5.10 Å². The third-order valence-electron chi connectivity index (χ3n) is 2.15. The molecule has 5 heteroatoms. The lowest BCUT2D eigenvalue weighted by Crippen LogP contribution is -2.23. The average molecular weight is 197 g/mol. The summed E-state index contributed by atoms with van der Waals surface area (Å²) >= 11 is 0. The number of esters is 1. The first kappa shape index (κ1) is 10.7. The monoisotopic (exact) mass is 197 g/mol. The Morgan fingerprint density at radius 2 is 2.43 bits per heavy atom. The van der Waals surface area contributed by atoms with Crippen LogP contribution < -0.4 is 5.73 Å². The van der Waals surface area contributed by atoms with Crippen molar-refractivity contribution in [2.45, 2.75) is 12.8 Å². The Morgan fingerprint density at radius 1 is 1.79 bits per heavy atom. The molecule has 1 unspecified atom stereocenters. The van der Waals surface area contributed by atoms with Gasteiger partial charge in [-0.25, -0.2) is 0 Å². The van der Waals surface area contributed by atoms with Crippen LogP contribution in [0.15, 0.2) is 6.20 Å². The Morgan fingerprint density at radius 3 is 2.79 bits per heavy atom. The van der Waals surface area contributed by atoms with Gasteiger partial charge in [0.2, 0.25) is 0 Å². The summed E-state index contributed by atoms with van der Waals surface area (Å²) in [6.45, 7) is 2.08. The quantitative estimate of drug-likeness (QED) is 0.689. The van der Waals surface area contributed by atoms with E-state index in [1.54, 1.807) is 17.9 Å². The average Bonchev–Trinajstić information content (AvgIpc) is 2.47. The molecule has 1 aromatic heterocycles. The van der Waals surface area contributed by atoms with Crippen molar-refractivity contribution in [3.63, 3.8) is 0 Å². The van der Waals surface area contributed by atoms with Gasteiger partial charge in [0, 0.05) is 25.4 Å². The van der Waals surface area contributed by atoms with Gasteiger partial charge in [-0.1, -0.05) is 0 Å². The molecule has 1 rings (SSSR count). The molecule has 0 aliphatic carbocycles. The third kappa shape index (κ3) is 1.93. The van der Waals surface area contributed by atoms with Gasteiger partial charge in [-0.3, -0.25) is 9.48 Å². The molecule has 0 bridgehead atoms. The highest BCUT2D eigenvalue weighted by Gasteiger charge is 2.23. The number of nitrogens with zero attached hydrogens (tertiary/aromatic N) is 2. The lowest BCUT2D eigenvalue weighted by Gasteiger charge is -2.10. The van der Waals surface area contributed by atoms with Crippen LogP contribution in [0, 0.1) is 6.92 Å². The standard InChI is InChI=1S/C9H15N3O2/c1-6-8(5-12(2)11-6)7(4-10)9(13)14-3/h5,7H,4,10H2,1-3H3. The number of aromatic nitrogens is 2. The van der Waals surface area contributed by atoms with Crippen LogP contribution in [-0.2, 0) is 16.6 Å². The van der Waals surface area contributed by atoms with Crippen LogP contribution in [0.25, 0.3) is 0 Å². The summed E-state index contributed by atoms with van der Waals surface area (Å²) in [5.41, 5.74) is 7.17. The maximum atomic E-state index is 11.4. The first-order valence-electron chi connectivity index (χ1n) is 4.38. The fourth-order valence-electron chi connectivity index (χ4n) is 1.45.